The summed E-state index contributed by atoms with van der Waals surface area (Å²) in [7, 11) is 0. The molecular weight excluding hydrogens is 322 g/mol. The highest BCUT2D eigenvalue weighted by atomic mass is 16.2. The molecular formula is C22H39N3O. The highest BCUT2D eigenvalue weighted by Gasteiger charge is 2.64. The highest BCUT2D eigenvalue weighted by Crippen LogP contribution is 2.54. The Morgan fingerprint density at radius 3 is 2.54 bits per heavy atom. The van der Waals surface area contributed by atoms with Crippen molar-refractivity contribution in [2.75, 3.05) is 19.6 Å². The smallest absolute Gasteiger partial charge is 0.249 e. The summed E-state index contributed by atoms with van der Waals surface area (Å²) >= 11 is 0. The Morgan fingerprint density at radius 1 is 1.19 bits per heavy atom. The SMILES string of the molecule is CC(C)CNC(=O)[C@]12N=C[C@@H]3C[C@H]1CCN(CC(C)C)[C@H]2[C@@H]3CC(C)C. The van der Waals surface area contributed by atoms with Crippen LogP contribution in [0.4, 0.5) is 0 Å². The van der Waals surface area contributed by atoms with Gasteiger partial charge in [-0.05, 0) is 61.3 Å². The molecule has 3 aliphatic heterocycles. The second-order valence-electron chi connectivity index (χ2n) is 10.2. The Morgan fingerprint density at radius 2 is 1.92 bits per heavy atom. The first-order chi connectivity index (χ1) is 12.3. The summed E-state index contributed by atoms with van der Waals surface area (Å²) in [6.45, 7) is 16.5. The van der Waals surface area contributed by atoms with Gasteiger partial charge in [-0.25, -0.2) is 0 Å². The minimum atomic E-state index is -0.545. The second kappa shape index (κ2) is 7.61. The van der Waals surface area contributed by atoms with Crippen molar-refractivity contribution < 1.29 is 4.79 Å². The maximum absolute atomic E-state index is 13.5. The minimum Gasteiger partial charge on any atom is -0.354 e. The molecule has 1 N–H and O–H groups in total. The Balaban J connectivity index is 1.97. The minimum absolute atomic E-state index is 0.192. The maximum Gasteiger partial charge on any atom is 0.249 e. The molecule has 148 valence electrons. The van der Waals surface area contributed by atoms with Crippen LogP contribution in [0.5, 0.6) is 0 Å². The number of amides is 1. The number of rotatable bonds is 7. The van der Waals surface area contributed by atoms with Crippen LogP contribution < -0.4 is 5.32 Å². The molecule has 0 aromatic rings. The lowest BCUT2D eigenvalue weighted by Crippen LogP contribution is -2.74. The molecule has 5 atom stereocenters. The van der Waals surface area contributed by atoms with Gasteiger partial charge in [-0.2, -0.15) is 0 Å². The van der Waals surface area contributed by atoms with E-state index in [1.165, 1.54) is 6.42 Å². The average molecular weight is 362 g/mol. The lowest BCUT2D eigenvalue weighted by atomic mass is 9.54. The zero-order valence-corrected chi connectivity index (χ0v) is 17.7. The molecule has 2 fully saturated rings. The molecule has 0 radical (unpaired) electrons. The molecule has 1 saturated heterocycles. The van der Waals surface area contributed by atoms with Gasteiger partial charge in [0.05, 0.1) is 0 Å². The van der Waals surface area contributed by atoms with E-state index in [0.717, 1.165) is 32.5 Å². The van der Waals surface area contributed by atoms with Crippen molar-refractivity contribution in [1.29, 1.82) is 0 Å². The molecule has 0 spiro atoms. The highest BCUT2D eigenvalue weighted by molar-refractivity contribution is 5.91. The summed E-state index contributed by atoms with van der Waals surface area (Å²) < 4.78 is 0. The molecule has 1 amide bonds. The van der Waals surface area contributed by atoms with E-state index in [9.17, 15) is 4.79 Å². The largest absolute Gasteiger partial charge is 0.354 e. The fourth-order valence-corrected chi connectivity index (χ4v) is 5.74. The third-order valence-electron chi connectivity index (χ3n) is 6.60. The number of nitrogens with one attached hydrogen (secondary N) is 1. The number of carbonyl (C=O) groups excluding carboxylic acids is 1. The van der Waals surface area contributed by atoms with Crippen molar-refractivity contribution in [2.24, 2.45) is 40.5 Å². The zero-order chi connectivity index (χ0) is 19.1. The number of carbonyl (C=O) groups is 1. The van der Waals surface area contributed by atoms with Gasteiger partial charge in [0.1, 0.15) is 0 Å². The quantitative estimate of drug-likeness (QED) is 0.753. The lowest BCUT2D eigenvalue weighted by molar-refractivity contribution is -0.145. The van der Waals surface area contributed by atoms with Gasteiger partial charge in [0.15, 0.2) is 5.54 Å². The van der Waals surface area contributed by atoms with Crippen LogP contribution in [0.3, 0.4) is 0 Å². The van der Waals surface area contributed by atoms with Gasteiger partial charge in [0.25, 0.3) is 0 Å². The molecule has 4 aliphatic rings. The monoisotopic (exact) mass is 361 g/mol. The molecule has 0 unspecified atom stereocenters. The predicted octanol–water partition coefficient (Wildman–Crippen LogP) is 3.61. The number of hydrogen-bond acceptors (Lipinski definition) is 3. The predicted molar refractivity (Wildman–Crippen MR) is 108 cm³/mol. The van der Waals surface area contributed by atoms with Crippen LogP contribution in [-0.4, -0.2) is 48.2 Å². The molecule has 0 aromatic carbocycles. The van der Waals surface area contributed by atoms with Crippen molar-refractivity contribution >= 4 is 12.1 Å². The van der Waals surface area contributed by atoms with Gasteiger partial charge in [-0.3, -0.25) is 14.7 Å². The summed E-state index contributed by atoms with van der Waals surface area (Å²) in [6.07, 6.45) is 5.62. The van der Waals surface area contributed by atoms with Crippen LogP contribution in [0.1, 0.15) is 60.8 Å². The lowest BCUT2D eigenvalue weighted by Gasteiger charge is -2.62. The number of piperidine rings is 1. The number of hydrogen-bond donors (Lipinski definition) is 1. The average Bonchev–Trinajstić information content (AvgIpc) is 2.56. The van der Waals surface area contributed by atoms with Crippen LogP contribution in [-0.2, 0) is 4.79 Å². The topological polar surface area (TPSA) is 44.7 Å². The first-order valence-corrected chi connectivity index (χ1v) is 10.8. The summed E-state index contributed by atoms with van der Waals surface area (Å²) in [5.74, 6) is 3.47. The Labute approximate surface area is 160 Å². The summed E-state index contributed by atoms with van der Waals surface area (Å²) in [6, 6.07) is 0.280. The van der Waals surface area contributed by atoms with Gasteiger partial charge in [0.2, 0.25) is 5.91 Å². The van der Waals surface area contributed by atoms with Crippen LogP contribution in [0, 0.1) is 35.5 Å². The molecule has 4 rings (SSSR count). The third-order valence-corrected chi connectivity index (χ3v) is 6.60. The molecule has 26 heavy (non-hydrogen) atoms. The van der Waals surface area contributed by atoms with Gasteiger partial charge in [0, 0.05) is 25.3 Å². The molecule has 4 bridgehead atoms. The fraction of sp³-hybridized carbons (Fsp3) is 0.909. The third kappa shape index (κ3) is 3.46. The summed E-state index contributed by atoms with van der Waals surface area (Å²) in [4.78, 5) is 21.2. The van der Waals surface area contributed by atoms with Crippen LogP contribution in [0.2, 0.25) is 0 Å². The van der Waals surface area contributed by atoms with Gasteiger partial charge in [-0.15, -0.1) is 0 Å². The van der Waals surface area contributed by atoms with Gasteiger partial charge in [-0.1, -0.05) is 41.5 Å². The Kier molecular flexibility index (Phi) is 5.81. The van der Waals surface area contributed by atoms with Crippen LogP contribution in [0.15, 0.2) is 4.99 Å². The Hall–Kier alpha value is -0.900. The van der Waals surface area contributed by atoms with Crippen molar-refractivity contribution in [2.45, 2.75) is 72.4 Å². The molecule has 0 aromatic heterocycles. The fourth-order valence-electron chi connectivity index (χ4n) is 5.74. The van der Waals surface area contributed by atoms with E-state index in [1.807, 2.05) is 0 Å². The summed E-state index contributed by atoms with van der Waals surface area (Å²) in [5.41, 5.74) is -0.545. The molecule has 1 saturated carbocycles. The maximum atomic E-state index is 13.5. The van der Waals surface area contributed by atoms with Gasteiger partial charge < -0.3 is 5.32 Å². The summed E-state index contributed by atoms with van der Waals surface area (Å²) in [5, 5.41) is 3.27. The van der Waals surface area contributed by atoms with Crippen molar-refractivity contribution in [3.05, 3.63) is 0 Å². The van der Waals surface area contributed by atoms with E-state index in [0.29, 0.717) is 35.5 Å². The van der Waals surface area contributed by atoms with Crippen molar-refractivity contribution in [3.63, 3.8) is 0 Å². The molecule has 3 heterocycles. The van der Waals surface area contributed by atoms with E-state index in [4.69, 9.17) is 4.99 Å². The second-order valence-corrected chi connectivity index (χ2v) is 10.2. The molecule has 4 nitrogen and oxygen atoms in total. The van der Waals surface area contributed by atoms with Crippen molar-refractivity contribution in [3.8, 4) is 0 Å². The molecule has 1 aliphatic carbocycles. The van der Waals surface area contributed by atoms with E-state index < -0.39 is 5.54 Å². The zero-order valence-electron chi connectivity index (χ0n) is 17.7. The number of aliphatic imine (C=N–C) groups is 1. The first kappa shape index (κ1) is 19.9. The normalized spacial score (nSPS) is 36.3. The van der Waals surface area contributed by atoms with Crippen LogP contribution in [0.25, 0.3) is 0 Å². The van der Waals surface area contributed by atoms with Crippen molar-refractivity contribution in [1.82, 2.24) is 10.2 Å². The van der Waals surface area contributed by atoms with E-state index >= 15 is 0 Å². The number of likely N-dealkylation sites (tertiary alicyclic amines) is 1. The van der Waals surface area contributed by atoms with E-state index in [1.54, 1.807) is 0 Å². The first-order valence-electron chi connectivity index (χ1n) is 10.8. The van der Waals surface area contributed by atoms with E-state index in [2.05, 4.69) is 58.0 Å². The van der Waals surface area contributed by atoms with Crippen LogP contribution >= 0.6 is 0 Å². The molecule has 4 heteroatoms. The number of nitrogens with zero attached hydrogens (tertiary/aromatic N) is 2. The Bertz CT molecular complexity index is 542. The standard InChI is InChI=1S/C22H39N3O/c1-14(2)9-19-17-10-18-7-8-25(13-16(5)6)20(19)22(18,24-12-17)21(26)23-11-15(3)4/h12,14-20H,7-11,13H2,1-6H3,(H,23,26)/t17-,18+,19+,20-,22-/m0/s1. The van der Waals surface area contributed by atoms with Gasteiger partial charge >= 0.3 is 0 Å². The van der Waals surface area contributed by atoms with E-state index in [-0.39, 0.29) is 11.9 Å².